The Kier molecular flexibility index (Phi) is 7.05. The van der Waals surface area contributed by atoms with Gasteiger partial charge in [-0.2, -0.15) is 0 Å². The second kappa shape index (κ2) is 8.55. The van der Waals surface area contributed by atoms with Crippen LogP contribution < -0.4 is 5.32 Å². The Morgan fingerprint density at radius 1 is 1.42 bits per heavy atom. The molecule has 0 saturated carbocycles. The minimum atomic E-state index is -3.50. The zero-order chi connectivity index (χ0) is 18.3. The Morgan fingerprint density at radius 2 is 2.08 bits per heavy atom. The second-order valence-electron chi connectivity index (χ2n) is 4.81. The average Bonchev–Trinajstić information content (AvgIpc) is 2.92. The van der Waals surface area contributed by atoms with Gasteiger partial charge in [0.2, 0.25) is 0 Å². The number of esters is 1. The van der Waals surface area contributed by atoms with Crippen molar-refractivity contribution in [2.75, 3.05) is 5.32 Å². The molecule has 0 bridgehead atoms. The molecule has 7 nitrogen and oxygen atoms in total. The van der Waals surface area contributed by atoms with Gasteiger partial charge >= 0.3 is 5.97 Å². The molecule has 130 valence electrons. The largest absolute Gasteiger partial charge is 0.427 e. The lowest BCUT2D eigenvalue weighted by Crippen LogP contribution is -2.15. The number of hydrogen-bond acceptors (Lipinski definition) is 7. The van der Waals surface area contributed by atoms with E-state index in [4.69, 9.17) is 4.74 Å². The molecule has 1 amide bonds. The van der Waals surface area contributed by atoms with Gasteiger partial charge in [-0.15, -0.1) is 11.3 Å². The first-order valence-electron chi connectivity index (χ1n) is 6.86. The number of nitrogens with zero attached hydrogens (tertiary/aromatic N) is 1. The van der Waals surface area contributed by atoms with Gasteiger partial charge in [-0.3, -0.25) is 14.9 Å². The van der Waals surface area contributed by atoms with E-state index in [9.17, 15) is 18.0 Å². The molecule has 9 heteroatoms. The van der Waals surface area contributed by atoms with Gasteiger partial charge in [-0.25, -0.2) is 13.4 Å². The summed E-state index contributed by atoms with van der Waals surface area (Å²) >= 11 is 0.988. The van der Waals surface area contributed by atoms with Gasteiger partial charge in [0.1, 0.15) is 5.76 Å². The zero-order valence-electron chi connectivity index (χ0n) is 13.5. The van der Waals surface area contributed by atoms with Crippen LogP contribution in [0.5, 0.6) is 0 Å². The van der Waals surface area contributed by atoms with Gasteiger partial charge in [0, 0.05) is 18.4 Å². The highest BCUT2D eigenvalue weighted by Gasteiger charge is 2.22. The molecule has 0 aliphatic heterocycles. The maximum Gasteiger partial charge on any atom is 0.308 e. The lowest BCUT2D eigenvalue weighted by molar-refractivity contribution is -0.136. The number of aromatic nitrogens is 1. The van der Waals surface area contributed by atoms with E-state index in [-0.39, 0.29) is 15.9 Å². The monoisotopic (exact) mass is 370 g/mol. The van der Waals surface area contributed by atoms with Crippen molar-refractivity contribution in [3.8, 4) is 0 Å². The highest BCUT2D eigenvalue weighted by molar-refractivity contribution is 7.92. The normalized spacial score (nSPS) is 12.4. The molecule has 0 saturated heterocycles. The standard InChI is InChI=1S/C15H18N2O5S2/c1-5-6-7-12(22-11(4)18)8-13(19)16-15-17-14(9-23-15)24(20,21)10(2)3/h5-10H,1H2,2-4H3,(H,16,17,19)/b7-6-,12-8-. The SMILES string of the molecule is C=C/C=C\C(=C\C(=O)Nc1nc(S(=O)(=O)C(C)C)cs1)OC(C)=O. The molecule has 0 fully saturated rings. The van der Waals surface area contributed by atoms with E-state index in [0.29, 0.717) is 0 Å². The van der Waals surface area contributed by atoms with E-state index < -0.39 is 27.0 Å². The van der Waals surface area contributed by atoms with Crippen LogP contribution in [0.25, 0.3) is 0 Å². The zero-order valence-corrected chi connectivity index (χ0v) is 15.1. The molecule has 0 aliphatic carbocycles. The first kappa shape index (κ1) is 19.8. The van der Waals surface area contributed by atoms with Crippen LogP contribution in [0.3, 0.4) is 0 Å². The summed E-state index contributed by atoms with van der Waals surface area (Å²) in [5, 5.41) is 3.22. The number of sulfone groups is 1. The highest BCUT2D eigenvalue weighted by Crippen LogP contribution is 2.22. The molecule has 0 aliphatic rings. The predicted octanol–water partition coefficient (Wildman–Crippen LogP) is 2.45. The number of thiazole rings is 1. The van der Waals surface area contributed by atoms with Crippen molar-refractivity contribution >= 4 is 38.2 Å². The van der Waals surface area contributed by atoms with Crippen molar-refractivity contribution in [2.24, 2.45) is 0 Å². The number of anilines is 1. The van der Waals surface area contributed by atoms with Gasteiger partial charge in [0.05, 0.1) is 5.25 Å². The van der Waals surface area contributed by atoms with Gasteiger partial charge < -0.3 is 4.74 Å². The van der Waals surface area contributed by atoms with Crippen molar-refractivity contribution in [1.29, 1.82) is 0 Å². The van der Waals surface area contributed by atoms with Crippen LogP contribution in [-0.2, 0) is 24.2 Å². The molecule has 1 heterocycles. The second-order valence-corrected chi connectivity index (χ2v) is 8.12. The summed E-state index contributed by atoms with van der Waals surface area (Å²) in [6, 6.07) is 0. The van der Waals surface area contributed by atoms with E-state index in [1.165, 1.54) is 30.5 Å². The van der Waals surface area contributed by atoms with E-state index in [1.54, 1.807) is 13.8 Å². The molecule has 0 aromatic carbocycles. The summed E-state index contributed by atoms with van der Waals surface area (Å²) in [6.45, 7) is 7.78. The molecule has 0 radical (unpaired) electrons. The molecular weight excluding hydrogens is 352 g/mol. The molecular formula is C15H18N2O5S2. The van der Waals surface area contributed by atoms with Crippen molar-refractivity contribution in [3.63, 3.8) is 0 Å². The Morgan fingerprint density at radius 3 is 2.62 bits per heavy atom. The van der Waals surface area contributed by atoms with E-state index in [2.05, 4.69) is 16.9 Å². The minimum absolute atomic E-state index is 0.0199. The molecule has 24 heavy (non-hydrogen) atoms. The molecule has 1 rings (SSSR count). The number of nitrogens with one attached hydrogen (secondary N) is 1. The van der Waals surface area contributed by atoms with E-state index in [0.717, 1.165) is 17.4 Å². The van der Waals surface area contributed by atoms with Crippen LogP contribution in [0, 0.1) is 0 Å². The number of rotatable bonds is 7. The molecule has 0 atom stereocenters. The topological polar surface area (TPSA) is 102 Å². The number of hydrogen-bond donors (Lipinski definition) is 1. The first-order chi connectivity index (χ1) is 11.2. The highest BCUT2D eigenvalue weighted by atomic mass is 32.2. The van der Waals surface area contributed by atoms with Crippen LogP contribution in [0.1, 0.15) is 20.8 Å². The minimum Gasteiger partial charge on any atom is -0.427 e. The third-order valence-corrected chi connectivity index (χ3v) is 5.50. The molecule has 1 aromatic rings. The van der Waals surface area contributed by atoms with Gasteiger partial charge in [-0.05, 0) is 19.9 Å². The van der Waals surface area contributed by atoms with Crippen molar-refractivity contribution in [3.05, 3.63) is 42.0 Å². The lowest BCUT2D eigenvalue weighted by atomic mass is 10.3. The number of allylic oxidation sites excluding steroid dienone is 3. The summed E-state index contributed by atoms with van der Waals surface area (Å²) in [4.78, 5) is 26.8. The maximum absolute atomic E-state index is 12.0. The Hall–Kier alpha value is -2.26. The van der Waals surface area contributed by atoms with E-state index in [1.807, 2.05) is 0 Å². The number of ether oxygens (including phenoxy) is 1. The third-order valence-electron chi connectivity index (χ3n) is 2.56. The number of carbonyl (C=O) groups excluding carboxylic acids is 2. The molecule has 0 spiro atoms. The predicted molar refractivity (Wildman–Crippen MR) is 92.3 cm³/mol. The van der Waals surface area contributed by atoms with Crippen molar-refractivity contribution in [1.82, 2.24) is 4.98 Å². The van der Waals surface area contributed by atoms with Gasteiger partial charge in [0.15, 0.2) is 20.0 Å². The van der Waals surface area contributed by atoms with Crippen LogP contribution in [0.4, 0.5) is 5.13 Å². The quantitative estimate of drug-likeness (QED) is 0.342. The fourth-order valence-electron chi connectivity index (χ4n) is 1.40. The molecule has 0 unspecified atom stereocenters. The summed E-state index contributed by atoms with van der Waals surface area (Å²) in [7, 11) is -3.50. The van der Waals surface area contributed by atoms with Crippen LogP contribution in [0.2, 0.25) is 0 Å². The summed E-state index contributed by atoms with van der Waals surface area (Å²) in [5.74, 6) is -1.17. The number of carbonyl (C=O) groups is 2. The lowest BCUT2D eigenvalue weighted by Gasteiger charge is -2.03. The maximum atomic E-state index is 12.0. The fourth-order valence-corrected chi connectivity index (χ4v) is 3.42. The van der Waals surface area contributed by atoms with Crippen molar-refractivity contribution < 1.29 is 22.7 Å². The summed E-state index contributed by atoms with van der Waals surface area (Å²) in [6.07, 6.45) is 5.40. The summed E-state index contributed by atoms with van der Waals surface area (Å²) < 4.78 is 28.8. The fraction of sp³-hybridized carbons (Fsp3) is 0.267. The molecule has 1 aromatic heterocycles. The number of amides is 1. The third kappa shape index (κ3) is 5.74. The Labute approximate surface area is 144 Å². The van der Waals surface area contributed by atoms with Crippen LogP contribution >= 0.6 is 11.3 Å². The smallest absolute Gasteiger partial charge is 0.308 e. The van der Waals surface area contributed by atoms with Gasteiger partial charge in [-0.1, -0.05) is 18.7 Å². The first-order valence-corrected chi connectivity index (χ1v) is 9.29. The molecule has 1 N–H and O–H groups in total. The Bertz CT molecular complexity index is 789. The summed E-state index contributed by atoms with van der Waals surface area (Å²) in [5.41, 5.74) is 0. The van der Waals surface area contributed by atoms with Crippen LogP contribution in [-0.4, -0.2) is 30.5 Å². The van der Waals surface area contributed by atoms with Crippen LogP contribution in [0.15, 0.2) is 47.0 Å². The van der Waals surface area contributed by atoms with E-state index >= 15 is 0 Å². The van der Waals surface area contributed by atoms with Crippen molar-refractivity contribution in [2.45, 2.75) is 31.0 Å². The Balaban J connectivity index is 2.92. The average molecular weight is 370 g/mol. The van der Waals surface area contributed by atoms with Gasteiger partial charge in [0.25, 0.3) is 5.91 Å².